The maximum Gasteiger partial charge on any atom is 0.0948 e. The van der Waals surface area contributed by atoms with E-state index in [9.17, 15) is 5.11 Å². The molecule has 0 aliphatic heterocycles. The van der Waals surface area contributed by atoms with Crippen molar-refractivity contribution in [3.63, 3.8) is 0 Å². The molecule has 1 aromatic rings. The normalized spacial score (nSPS) is 14.3. The zero-order chi connectivity index (χ0) is 11.4. The van der Waals surface area contributed by atoms with E-state index >= 15 is 0 Å². The summed E-state index contributed by atoms with van der Waals surface area (Å²) >= 11 is 3.40. The first-order chi connectivity index (χ1) is 7.10. The van der Waals surface area contributed by atoms with Gasteiger partial charge in [0.2, 0.25) is 0 Å². The summed E-state index contributed by atoms with van der Waals surface area (Å²) in [5.74, 6) is -0.328. The third kappa shape index (κ3) is 2.80. The standard InChI is InChI=1S/C12H14BrNO/c1-3-9(7-14)12(15)10-4-5-11(13)8(2)6-10/h4-6,9,12,15H,3H2,1-2H3. The molecule has 0 spiro atoms. The van der Waals surface area contributed by atoms with Crippen LogP contribution in [-0.2, 0) is 0 Å². The Bertz CT molecular complexity index is 384. The summed E-state index contributed by atoms with van der Waals surface area (Å²) in [7, 11) is 0. The Kier molecular flexibility index (Phi) is 4.31. The van der Waals surface area contributed by atoms with Crippen LogP contribution in [0.2, 0.25) is 0 Å². The lowest BCUT2D eigenvalue weighted by molar-refractivity contribution is 0.132. The number of rotatable bonds is 3. The summed E-state index contributed by atoms with van der Waals surface area (Å²) in [5.41, 5.74) is 1.88. The van der Waals surface area contributed by atoms with Crippen molar-refractivity contribution in [3.8, 4) is 6.07 Å². The van der Waals surface area contributed by atoms with Crippen LogP contribution in [0.25, 0.3) is 0 Å². The molecular formula is C12H14BrNO. The average molecular weight is 268 g/mol. The van der Waals surface area contributed by atoms with Crippen LogP contribution in [0.1, 0.15) is 30.6 Å². The van der Waals surface area contributed by atoms with Crippen LogP contribution < -0.4 is 0 Å². The van der Waals surface area contributed by atoms with Gasteiger partial charge in [-0.25, -0.2) is 0 Å². The van der Waals surface area contributed by atoms with Crippen LogP contribution in [0.5, 0.6) is 0 Å². The molecule has 2 unspecified atom stereocenters. The topological polar surface area (TPSA) is 44.0 Å². The second kappa shape index (κ2) is 5.29. The molecule has 3 heteroatoms. The Morgan fingerprint density at radius 1 is 1.53 bits per heavy atom. The Balaban J connectivity index is 2.97. The summed E-state index contributed by atoms with van der Waals surface area (Å²) < 4.78 is 1.02. The largest absolute Gasteiger partial charge is 0.387 e. The molecule has 0 radical (unpaired) electrons. The molecule has 0 heterocycles. The second-order valence-electron chi connectivity index (χ2n) is 3.60. The minimum absolute atomic E-state index is 0.328. The van der Waals surface area contributed by atoms with E-state index in [1.165, 1.54) is 0 Å². The zero-order valence-electron chi connectivity index (χ0n) is 8.87. The fourth-order valence-electron chi connectivity index (χ4n) is 1.47. The van der Waals surface area contributed by atoms with Crippen LogP contribution in [0, 0.1) is 24.2 Å². The molecule has 15 heavy (non-hydrogen) atoms. The van der Waals surface area contributed by atoms with Crippen LogP contribution in [-0.4, -0.2) is 5.11 Å². The number of nitriles is 1. The molecule has 0 saturated carbocycles. The molecule has 0 bridgehead atoms. The van der Waals surface area contributed by atoms with Crippen LogP contribution in [0.15, 0.2) is 22.7 Å². The molecule has 0 aromatic heterocycles. The Labute approximate surface area is 98.7 Å². The number of aliphatic hydroxyl groups is 1. The summed E-state index contributed by atoms with van der Waals surface area (Å²) in [5, 5.41) is 18.8. The predicted molar refractivity (Wildman–Crippen MR) is 63.2 cm³/mol. The first-order valence-corrected chi connectivity index (χ1v) is 5.73. The Hall–Kier alpha value is -0.850. The lowest BCUT2D eigenvalue weighted by Gasteiger charge is -2.16. The molecule has 0 aliphatic rings. The second-order valence-corrected chi connectivity index (χ2v) is 4.45. The van der Waals surface area contributed by atoms with Crippen molar-refractivity contribution in [2.45, 2.75) is 26.4 Å². The van der Waals surface area contributed by atoms with E-state index in [1.807, 2.05) is 32.0 Å². The molecule has 80 valence electrons. The molecule has 1 aromatic carbocycles. The summed E-state index contributed by atoms with van der Waals surface area (Å²) in [6.45, 7) is 3.87. The van der Waals surface area contributed by atoms with Gasteiger partial charge in [-0.3, -0.25) is 0 Å². The SMILES string of the molecule is CCC(C#N)C(O)c1ccc(Br)c(C)c1. The zero-order valence-corrected chi connectivity index (χ0v) is 10.5. The Morgan fingerprint density at radius 3 is 2.67 bits per heavy atom. The van der Waals surface area contributed by atoms with Gasteiger partial charge in [0.05, 0.1) is 18.1 Å². The van der Waals surface area contributed by atoms with Crippen LogP contribution in [0.3, 0.4) is 0 Å². The first kappa shape index (κ1) is 12.2. The molecule has 0 amide bonds. The van der Waals surface area contributed by atoms with Crippen LogP contribution in [0.4, 0.5) is 0 Å². The van der Waals surface area contributed by atoms with Gasteiger partial charge in [-0.2, -0.15) is 5.26 Å². The van der Waals surface area contributed by atoms with Gasteiger partial charge in [-0.1, -0.05) is 35.0 Å². The number of aryl methyl sites for hydroxylation is 1. The van der Waals surface area contributed by atoms with E-state index < -0.39 is 6.10 Å². The lowest BCUT2D eigenvalue weighted by Crippen LogP contribution is -2.09. The first-order valence-electron chi connectivity index (χ1n) is 4.93. The average Bonchev–Trinajstić information content (AvgIpc) is 2.23. The fraction of sp³-hybridized carbons (Fsp3) is 0.417. The molecule has 0 fully saturated rings. The monoisotopic (exact) mass is 267 g/mol. The van der Waals surface area contributed by atoms with Gasteiger partial charge in [0.15, 0.2) is 0 Å². The number of hydrogen-bond donors (Lipinski definition) is 1. The van der Waals surface area contributed by atoms with E-state index in [0.717, 1.165) is 15.6 Å². The fourth-order valence-corrected chi connectivity index (χ4v) is 1.72. The quantitative estimate of drug-likeness (QED) is 0.913. The van der Waals surface area contributed by atoms with Crippen molar-refractivity contribution in [1.82, 2.24) is 0 Å². The molecule has 0 saturated heterocycles. The van der Waals surface area contributed by atoms with E-state index in [-0.39, 0.29) is 5.92 Å². The highest BCUT2D eigenvalue weighted by molar-refractivity contribution is 9.10. The lowest BCUT2D eigenvalue weighted by atomic mass is 9.94. The molecular weight excluding hydrogens is 254 g/mol. The number of nitrogens with zero attached hydrogens (tertiary/aromatic N) is 1. The van der Waals surface area contributed by atoms with Gasteiger partial charge in [-0.05, 0) is 30.5 Å². The molecule has 1 rings (SSSR count). The predicted octanol–water partition coefficient (Wildman–Crippen LogP) is 3.34. The smallest absolute Gasteiger partial charge is 0.0948 e. The van der Waals surface area contributed by atoms with Crippen molar-refractivity contribution < 1.29 is 5.11 Å². The van der Waals surface area contributed by atoms with Gasteiger partial charge in [0, 0.05) is 4.47 Å². The maximum atomic E-state index is 9.96. The van der Waals surface area contributed by atoms with E-state index in [4.69, 9.17) is 5.26 Å². The van der Waals surface area contributed by atoms with Gasteiger partial charge in [0.25, 0.3) is 0 Å². The van der Waals surface area contributed by atoms with Crippen molar-refractivity contribution >= 4 is 15.9 Å². The highest BCUT2D eigenvalue weighted by Crippen LogP contribution is 2.27. The molecule has 2 atom stereocenters. The van der Waals surface area contributed by atoms with E-state index in [1.54, 1.807) is 0 Å². The summed E-state index contributed by atoms with van der Waals surface area (Å²) in [6, 6.07) is 7.78. The third-order valence-electron chi connectivity index (χ3n) is 2.51. The summed E-state index contributed by atoms with van der Waals surface area (Å²) in [6.07, 6.45) is -0.0286. The van der Waals surface area contributed by atoms with Gasteiger partial charge >= 0.3 is 0 Å². The molecule has 1 N–H and O–H groups in total. The molecule has 0 aliphatic carbocycles. The van der Waals surface area contributed by atoms with Crippen molar-refractivity contribution in [3.05, 3.63) is 33.8 Å². The number of benzene rings is 1. The van der Waals surface area contributed by atoms with Crippen LogP contribution >= 0.6 is 15.9 Å². The van der Waals surface area contributed by atoms with E-state index in [0.29, 0.717) is 6.42 Å². The number of aliphatic hydroxyl groups excluding tert-OH is 1. The van der Waals surface area contributed by atoms with Gasteiger partial charge in [-0.15, -0.1) is 0 Å². The highest BCUT2D eigenvalue weighted by atomic mass is 79.9. The van der Waals surface area contributed by atoms with Crippen molar-refractivity contribution in [2.24, 2.45) is 5.92 Å². The van der Waals surface area contributed by atoms with Crippen molar-refractivity contribution in [1.29, 1.82) is 5.26 Å². The number of halogens is 1. The minimum Gasteiger partial charge on any atom is -0.387 e. The van der Waals surface area contributed by atoms with Gasteiger partial charge in [0.1, 0.15) is 0 Å². The molecule has 2 nitrogen and oxygen atoms in total. The Morgan fingerprint density at radius 2 is 2.20 bits per heavy atom. The third-order valence-corrected chi connectivity index (χ3v) is 3.40. The maximum absolute atomic E-state index is 9.96. The van der Waals surface area contributed by atoms with Crippen molar-refractivity contribution in [2.75, 3.05) is 0 Å². The number of hydrogen-bond acceptors (Lipinski definition) is 2. The van der Waals surface area contributed by atoms with Gasteiger partial charge < -0.3 is 5.11 Å². The summed E-state index contributed by atoms with van der Waals surface area (Å²) in [4.78, 5) is 0. The van der Waals surface area contributed by atoms with E-state index in [2.05, 4.69) is 22.0 Å². The minimum atomic E-state index is -0.688. The highest BCUT2D eigenvalue weighted by Gasteiger charge is 2.18.